The minimum atomic E-state index is -3.67. The predicted octanol–water partition coefficient (Wildman–Crippen LogP) is 0.925. The smallest absolute Gasteiger partial charge is 0.244 e. The molecule has 0 fully saturated rings. The molecule has 0 unspecified atom stereocenters. The van der Waals surface area contributed by atoms with Crippen LogP contribution in [0.5, 0.6) is 0 Å². The lowest BCUT2D eigenvalue weighted by atomic mass is 10.3. The van der Waals surface area contributed by atoms with Crippen molar-refractivity contribution < 1.29 is 13.5 Å². The van der Waals surface area contributed by atoms with Crippen LogP contribution in [0.2, 0.25) is 5.02 Å². The van der Waals surface area contributed by atoms with Gasteiger partial charge in [0.1, 0.15) is 4.90 Å². The number of hydrogen-bond donors (Lipinski definition) is 2. The van der Waals surface area contributed by atoms with Gasteiger partial charge in [-0.15, -0.1) is 0 Å². The van der Waals surface area contributed by atoms with Gasteiger partial charge in [-0.25, -0.2) is 8.42 Å². The monoisotopic (exact) mass is 278 g/mol. The highest BCUT2D eigenvalue weighted by atomic mass is 35.5. The first-order valence-corrected chi connectivity index (χ1v) is 6.91. The van der Waals surface area contributed by atoms with E-state index >= 15 is 0 Å². The molecule has 0 spiro atoms. The van der Waals surface area contributed by atoms with Crippen LogP contribution < -0.4 is 5.73 Å². The Morgan fingerprint density at radius 1 is 1.47 bits per heavy atom. The molecule has 0 aromatic heterocycles. The van der Waals surface area contributed by atoms with Gasteiger partial charge in [-0.2, -0.15) is 4.31 Å². The number of nitrogens with two attached hydrogens (primary N) is 1. The SMILES string of the molecule is CCN(CCO)S(=O)(=O)c1ccc(N)cc1Cl. The Bertz CT molecular complexity index is 490. The van der Waals surface area contributed by atoms with Gasteiger partial charge in [0.2, 0.25) is 10.0 Å². The maximum Gasteiger partial charge on any atom is 0.244 e. The third kappa shape index (κ3) is 3.10. The van der Waals surface area contributed by atoms with E-state index < -0.39 is 10.0 Å². The van der Waals surface area contributed by atoms with E-state index in [-0.39, 0.29) is 29.6 Å². The summed E-state index contributed by atoms with van der Waals surface area (Å²) in [6.45, 7) is 1.77. The zero-order chi connectivity index (χ0) is 13.1. The third-order valence-corrected chi connectivity index (χ3v) is 4.73. The highest BCUT2D eigenvalue weighted by molar-refractivity contribution is 7.89. The van der Waals surface area contributed by atoms with Crippen molar-refractivity contribution in [1.82, 2.24) is 4.31 Å². The highest BCUT2D eigenvalue weighted by Gasteiger charge is 2.24. The Balaban J connectivity index is 3.20. The summed E-state index contributed by atoms with van der Waals surface area (Å²) >= 11 is 5.87. The zero-order valence-electron chi connectivity index (χ0n) is 9.43. The number of aliphatic hydroxyl groups is 1. The topological polar surface area (TPSA) is 83.6 Å². The van der Waals surface area contributed by atoms with E-state index in [1.54, 1.807) is 6.92 Å². The van der Waals surface area contributed by atoms with Gasteiger partial charge in [-0.3, -0.25) is 0 Å². The van der Waals surface area contributed by atoms with Crippen LogP contribution in [0, 0.1) is 0 Å². The van der Waals surface area contributed by atoms with Gasteiger partial charge in [0, 0.05) is 18.8 Å². The summed E-state index contributed by atoms with van der Waals surface area (Å²) in [5.74, 6) is 0. The minimum absolute atomic E-state index is 0.00340. The Morgan fingerprint density at radius 2 is 2.12 bits per heavy atom. The molecule has 96 valence electrons. The summed E-state index contributed by atoms with van der Waals surface area (Å²) in [7, 11) is -3.67. The standard InChI is InChI=1S/C10H15ClN2O3S/c1-2-13(5-6-14)17(15,16)10-4-3-8(12)7-9(10)11/h3-4,7,14H,2,5-6,12H2,1H3. The summed E-state index contributed by atoms with van der Waals surface area (Å²) < 4.78 is 25.5. The molecule has 1 rings (SSSR count). The number of likely N-dealkylation sites (N-methyl/N-ethyl adjacent to an activating group) is 1. The molecule has 1 aromatic carbocycles. The van der Waals surface area contributed by atoms with E-state index in [1.165, 1.54) is 18.2 Å². The number of benzene rings is 1. The number of aliphatic hydroxyl groups excluding tert-OH is 1. The van der Waals surface area contributed by atoms with Crippen molar-refractivity contribution >= 4 is 27.3 Å². The van der Waals surface area contributed by atoms with E-state index in [0.717, 1.165) is 4.31 Å². The van der Waals surface area contributed by atoms with Gasteiger partial charge < -0.3 is 10.8 Å². The molecule has 0 aliphatic heterocycles. The number of hydrogen-bond acceptors (Lipinski definition) is 4. The molecule has 5 nitrogen and oxygen atoms in total. The van der Waals surface area contributed by atoms with Gasteiger partial charge in [-0.05, 0) is 18.2 Å². The maximum absolute atomic E-state index is 12.2. The third-order valence-electron chi connectivity index (χ3n) is 2.28. The van der Waals surface area contributed by atoms with E-state index in [0.29, 0.717) is 5.69 Å². The molecule has 0 saturated carbocycles. The van der Waals surface area contributed by atoms with Crippen LogP contribution in [0.1, 0.15) is 6.92 Å². The van der Waals surface area contributed by atoms with Crippen molar-refractivity contribution in [1.29, 1.82) is 0 Å². The van der Waals surface area contributed by atoms with Crippen molar-refractivity contribution in [3.8, 4) is 0 Å². The Kier molecular flexibility index (Phi) is 4.76. The molecule has 17 heavy (non-hydrogen) atoms. The van der Waals surface area contributed by atoms with Crippen LogP contribution in [0.15, 0.2) is 23.1 Å². The van der Waals surface area contributed by atoms with Crippen LogP contribution in [0.3, 0.4) is 0 Å². The van der Waals surface area contributed by atoms with Gasteiger partial charge in [-0.1, -0.05) is 18.5 Å². The fraction of sp³-hybridized carbons (Fsp3) is 0.400. The average Bonchev–Trinajstić information content (AvgIpc) is 2.24. The van der Waals surface area contributed by atoms with Crippen LogP contribution in [-0.2, 0) is 10.0 Å². The molecular weight excluding hydrogens is 264 g/mol. The zero-order valence-corrected chi connectivity index (χ0v) is 11.0. The fourth-order valence-electron chi connectivity index (χ4n) is 1.43. The van der Waals surface area contributed by atoms with Crippen molar-refractivity contribution in [2.45, 2.75) is 11.8 Å². The summed E-state index contributed by atoms with van der Waals surface area (Å²) in [6, 6.07) is 4.24. The average molecular weight is 279 g/mol. The molecule has 7 heteroatoms. The van der Waals surface area contributed by atoms with E-state index in [1.807, 2.05) is 0 Å². The maximum atomic E-state index is 12.2. The second kappa shape index (κ2) is 5.68. The summed E-state index contributed by atoms with van der Waals surface area (Å²) in [5.41, 5.74) is 5.91. The number of sulfonamides is 1. The highest BCUT2D eigenvalue weighted by Crippen LogP contribution is 2.26. The molecule has 0 aliphatic rings. The Labute approximate surface area is 106 Å². The molecular formula is C10H15ClN2O3S. The Hall–Kier alpha value is -0.820. The summed E-state index contributed by atoms with van der Waals surface area (Å²) in [4.78, 5) is 0.00340. The predicted molar refractivity (Wildman–Crippen MR) is 67.4 cm³/mol. The van der Waals surface area contributed by atoms with Crippen molar-refractivity contribution in [2.75, 3.05) is 25.4 Å². The first-order valence-electron chi connectivity index (χ1n) is 5.09. The van der Waals surface area contributed by atoms with Crippen LogP contribution in [0.25, 0.3) is 0 Å². The van der Waals surface area contributed by atoms with Crippen LogP contribution in [-0.4, -0.2) is 37.5 Å². The minimum Gasteiger partial charge on any atom is -0.399 e. The lowest BCUT2D eigenvalue weighted by Crippen LogP contribution is -2.33. The number of nitrogen functional groups attached to an aromatic ring is 1. The lowest BCUT2D eigenvalue weighted by Gasteiger charge is -2.20. The normalized spacial score (nSPS) is 12.0. The molecule has 1 aromatic rings. The fourth-order valence-corrected chi connectivity index (χ4v) is 3.39. The molecule has 0 atom stereocenters. The van der Waals surface area contributed by atoms with E-state index in [9.17, 15) is 8.42 Å². The van der Waals surface area contributed by atoms with Gasteiger partial charge >= 0.3 is 0 Å². The van der Waals surface area contributed by atoms with Crippen molar-refractivity contribution in [3.63, 3.8) is 0 Å². The van der Waals surface area contributed by atoms with Crippen molar-refractivity contribution in [3.05, 3.63) is 23.2 Å². The first kappa shape index (κ1) is 14.2. The van der Waals surface area contributed by atoms with Crippen molar-refractivity contribution in [2.24, 2.45) is 0 Å². The van der Waals surface area contributed by atoms with Gasteiger partial charge in [0.25, 0.3) is 0 Å². The number of nitrogens with zero attached hydrogens (tertiary/aromatic N) is 1. The molecule has 0 heterocycles. The largest absolute Gasteiger partial charge is 0.399 e. The second-order valence-electron chi connectivity index (χ2n) is 3.41. The van der Waals surface area contributed by atoms with Gasteiger partial charge in [0.05, 0.1) is 11.6 Å². The summed E-state index contributed by atoms with van der Waals surface area (Å²) in [6.07, 6.45) is 0. The molecule has 0 radical (unpaired) electrons. The number of halogens is 1. The first-order chi connectivity index (χ1) is 7.93. The molecule has 3 N–H and O–H groups in total. The van der Waals surface area contributed by atoms with Crippen LogP contribution >= 0.6 is 11.6 Å². The molecule has 0 saturated heterocycles. The number of anilines is 1. The molecule has 0 amide bonds. The van der Waals surface area contributed by atoms with E-state index in [4.69, 9.17) is 22.4 Å². The number of rotatable bonds is 5. The van der Waals surface area contributed by atoms with E-state index in [2.05, 4.69) is 0 Å². The van der Waals surface area contributed by atoms with Gasteiger partial charge in [0.15, 0.2) is 0 Å². The Morgan fingerprint density at radius 3 is 2.59 bits per heavy atom. The molecule has 0 bridgehead atoms. The van der Waals surface area contributed by atoms with Crippen LogP contribution in [0.4, 0.5) is 5.69 Å². The second-order valence-corrected chi connectivity index (χ2v) is 5.72. The lowest BCUT2D eigenvalue weighted by molar-refractivity contribution is 0.257. The quantitative estimate of drug-likeness (QED) is 0.785. The summed E-state index contributed by atoms with van der Waals surface area (Å²) in [5, 5.41) is 8.92. The molecule has 0 aliphatic carbocycles.